The SMILES string of the molecule is O=C(NC[C@H]1CO[C@@H]2CN(C(=O)c3cccc(O)c3)C[C@H]12)c1cscn1. The maximum absolute atomic E-state index is 12.6. The molecule has 2 fully saturated rings. The molecule has 1 aromatic carbocycles. The number of aromatic nitrogens is 1. The van der Waals surface area contributed by atoms with Gasteiger partial charge >= 0.3 is 0 Å². The van der Waals surface area contributed by atoms with Crippen molar-refractivity contribution in [2.24, 2.45) is 11.8 Å². The third-order valence-electron chi connectivity index (χ3n) is 5.01. The quantitative estimate of drug-likeness (QED) is 0.845. The van der Waals surface area contributed by atoms with Crippen molar-refractivity contribution in [3.05, 3.63) is 46.4 Å². The molecule has 0 unspecified atom stereocenters. The molecular weight excluding hydrogens is 354 g/mol. The minimum Gasteiger partial charge on any atom is -0.508 e. The van der Waals surface area contributed by atoms with Crippen molar-refractivity contribution in [2.45, 2.75) is 6.10 Å². The lowest BCUT2D eigenvalue weighted by molar-refractivity contribution is 0.0674. The fourth-order valence-corrected chi connectivity index (χ4v) is 4.17. The number of hydrogen-bond acceptors (Lipinski definition) is 6. The van der Waals surface area contributed by atoms with E-state index >= 15 is 0 Å². The number of benzene rings is 1. The van der Waals surface area contributed by atoms with Gasteiger partial charge in [-0.05, 0) is 18.2 Å². The molecule has 2 N–H and O–H groups in total. The molecule has 2 aliphatic rings. The monoisotopic (exact) mass is 373 g/mol. The lowest BCUT2D eigenvalue weighted by Gasteiger charge is -2.20. The summed E-state index contributed by atoms with van der Waals surface area (Å²) in [5.74, 6) is 0.162. The largest absolute Gasteiger partial charge is 0.508 e. The highest BCUT2D eigenvalue weighted by Gasteiger charge is 2.45. The lowest BCUT2D eigenvalue weighted by Crippen LogP contribution is -2.35. The van der Waals surface area contributed by atoms with Crippen LogP contribution in [0.1, 0.15) is 20.8 Å². The fraction of sp³-hybridized carbons (Fsp3) is 0.389. The van der Waals surface area contributed by atoms with Gasteiger partial charge < -0.3 is 20.1 Å². The second-order valence-corrected chi connectivity index (χ2v) is 7.36. The van der Waals surface area contributed by atoms with Crippen molar-refractivity contribution in [3.8, 4) is 5.75 Å². The molecule has 8 heteroatoms. The molecule has 3 atom stereocenters. The molecular formula is C18H19N3O4S. The van der Waals surface area contributed by atoms with Gasteiger partial charge in [0.05, 0.1) is 18.2 Å². The number of thiazole rings is 1. The van der Waals surface area contributed by atoms with Crippen LogP contribution in [0.15, 0.2) is 35.2 Å². The van der Waals surface area contributed by atoms with Gasteiger partial charge in [0.1, 0.15) is 11.4 Å². The van der Waals surface area contributed by atoms with E-state index in [1.807, 2.05) is 0 Å². The Labute approximate surface area is 154 Å². The summed E-state index contributed by atoms with van der Waals surface area (Å²) in [5, 5.41) is 14.2. The van der Waals surface area contributed by atoms with Crippen LogP contribution < -0.4 is 5.32 Å². The van der Waals surface area contributed by atoms with E-state index in [9.17, 15) is 14.7 Å². The third-order valence-corrected chi connectivity index (χ3v) is 5.60. The van der Waals surface area contributed by atoms with Crippen molar-refractivity contribution in [1.29, 1.82) is 0 Å². The summed E-state index contributed by atoms with van der Waals surface area (Å²) in [6.45, 7) is 2.22. The molecule has 7 nitrogen and oxygen atoms in total. The van der Waals surface area contributed by atoms with Crippen LogP contribution in [0.3, 0.4) is 0 Å². The Morgan fingerprint density at radius 1 is 1.38 bits per heavy atom. The second kappa shape index (κ2) is 7.05. The standard InChI is InChI=1S/C18H19N3O4S/c22-13-3-1-2-11(4-13)18(24)21-6-14-12(8-25-16(14)7-21)5-19-17(23)15-9-26-10-20-15/h1-4,9-10,12,14,16,22H,5-8H2,(H,19,23)/t12-,14+,16+/m0/s1. The van der Waals surface area contributed by atoms with Crippen molar-refractivity contribution in [1.82, 2.24) is 15.2 Å². The zero-order valence-electron chi connectivity index (χ0n) is 14.0. The van der Waals surface area contributed by atoms with E-state index in [1.165, 1.54) is 17.4 Å². The molecule has 2 amide bonds. The van der Waals surface area contributed by atoms with Gasteiger partial charge in [0.2, 0.25) is 0 Å². The molecule has 2 aliphatic heterocycles. The number of nitrogens with one attached hydrogen (secondary N) is 1. The zero-order valence-corrected chi connectivity index (χ0v) is 14.8. The van der Waals surface area contributed by atoms with E-state index in [2.05, 4.69) is 10.3 Å². The van der Waals surface area contributed by atoms with Crippen molar-refractivity contribution in [3.63, 3.8) is 0 Å². The Morgan fingerprint density at radius 2 is 2.27 bits per heavy atom. The molecule has 136 valence electrons. The predicted octanol–water partition coefficient (Wildman–Crippen LogP) is 1.37. The maximum Gasteiger partial charge on any atom is 0.270 e. The van der Waals surface area contributed by atoms with Gasteiger partial charge in [-0.25, -0.2) is 4.98 Å². The Bertz CT molecular complexity index is 811. The zero-order chi connectivity index (χ0) is 18.1. The molecule has 3 heterocycles. The van der Waals surface area contributed by atoms with Crippen LogP contribution in [0.25, 0.3) is 0 Å². The summed E-state index contributed by atoms with van der Waals surface area (Å²) in [5.41, 5.74) is 2.53. The van der Waals surface area contributed by atoms with Crippen LogP contribution in [0.5, 0.6) is 5.75 Å². The molecule has 2 saturated heterocycles. The topological polar surface area (TPSA) is 91.8 Å². The summed E-state index contributed by atoms with van der Waals surface area (Å²) in [4.78, 5) is 30.5. The van der Waals surface area contributed by atoms with E-state index in [4.69, 9.17) is 4.74 Å². The number of ether oxygens (including phenoxy) is 1. The molecule has 0 saturated carbocycles. The number of carbonyl (C=O) groups excluding carboxylic acids is 2. The number of fused-ring (bicyclic) bond motifs is 1. The third kappa shape index (κ3) is 3.30. The highest BCUT2D eigenvalue weighted by atomic mass is 32.1. The average molecular weight is 373 g/mol. The van der Waals surface area contributed by atoms with Gasteiger partial charge in [-0.1, -0.05) is 6.07 Å². The first-order valence-corrected chi connectivity index (χ1v) is 9.42. The van der Waals surface area contributed by atoms with Crippen molar-refractivity contribution < 1.29 is 19.4 Å². The van der Waals surface area contributed by atoms with Crippen LogP contribution in [-0.4, -0.2) is 59.1 Å². The summed E-state index contributed by atoms with van der Waals surface area (Å²) < 4.78 is 5.84. The number of aromatic hydroxyl groups is 1. The average Bonchev–Trinajstić information content (AvgIpc) is 3.36. The Balaban J connectivity index is 1.36. The predicted molar refractivity (Wildman–Crippen MR) is 95.2 cm³/mol. The molecule has 2 aromatic rings. The summed E-state index contributed by atoms with van der Waals surface area (Å²) in [6, 6.07) is 6.37. The second-order valence-electron chi connectivity index (χ2n) is 6.64. The van der Waals surface area contributed by atoms with Crippen molar-refractivity contribution in [2.75, 3.05) is 26.2 Å². The fourth-order valence-electron chi connectivity index (χ4n) is 3.64. The number of amides is 2. The van der Waals surface area contributed by atoms with E-state index in [1.54, 1.807) is 34.0 Å². The normalized spacial score (nSPS) is 24.5. The number of hydrogen-bond donors (Lipinski definition) is 2. The van der Waals surface area contributed by atoms with Gasteiger partial charge in [-0.3, -0.25) is 9.59 Å². The highest BCUT2D eigenvalue weighted by Crippen LogP contribution is 2.34. The van der Waals surface area contributed by atoms with Crippen molar-refractivity contribution >= 4 is 23.2 Å². The molecule has 0 spiro atoms. The van der Waals surface area contributed by atoms with Gasteiger partial charge in [0, 0.05) is 42.4 Å². The Kier molecular flexibility index (Phi) is 4.60. The number of phenolic OH excluding ortho intramolecular Hbond substituents is 1. The van der Waals surface area contributed by atoms with E-state index in [-0.39, 0.29) is 35.5 Å². The van der Waals surface area contributed by atoms with E-state index < -0.39 is 0 Å². The number of phenols is 1. The number of nitrogens with zero attached hydrogens (tertiary/aromatic N) is 2. The summed E-state index contributed by atoms with van der Waals surface area (Å²) >= 11 is 1.39. The van der Waals surface area contributed by atoms with Gasteiger partial charge in [-0.2, -0.15) is 0 Å². The lowest BCUT2D eigenvalue weighted by atomic mass is 9.93. The van der Waals surface area contributed by atoms with E-state index in [0.717, 1.165) is 0 Å². The first-order chi connectivity index (χ1) is 12.6. The molecule has 0 aliphatic carbocycles. The van der Waals surface area contributed by atoms with Crippen LogP contribution in [-0.2, 0) is 4.74 Å². The first-order valence-electron chi connectivity index (χ1n) is 8.48. The van der Waals surface area contributed by atoms with Crippen LogP contribution in [0.4, 0.5) is 0 Å². The van der Waals surface area contributed by atoms with Gasteiger partial charge in [-0.15, -0.1) is 11.3 Å². The van der Waals surface area contributed by atoms with Crippen LogP contribution in [0, 0.1) is 11.8 Å². The minimum atomic E-state index is -0.180. The molecule has 0 bridgehead atoms. The molecule has 4 rings (SSSR count). The smallest absolute Gasteiger partial charge is 0.270 e. The number of rotatable bonds is 4. The number of carbonyl (C=O) groups is 2. The van der Waals surface area contributed by atoms with Gasteiger partial charge in [0.25, 0.3) is 11.8 Å². The Morgan fingerprint density at radius 3 is 3.04 bits per heavy atom. The summed E-state index contributed by atoms with van der Waals surface area (Å²) in [7, 11) is 0. The van der Waals surface area contributed by atoms with Crippen LogP contribution in [0.2, 0.25) is 0 Å². The molecule has 0 radical (unpaired) electrons. The van der Waals surface area contributed by atoms with E-state index in [0.29, 0.717) is 37.5 Å². The highest BCUT2D eigenvalue weighted by molar-refractivity contribution is 7.07. The molecule has 1 aromatic heterocycles. The first kappa shape index (κ1) is 17.0. The Hall–Kier alpha value is -2.45. The maximum atomic E-state index is 12.6. The molecule has 26 heavy (non-hydrogen) atoms. The summed E-state index contributed by atoms with van der Waals surface area (Å²) in [6.07, 6.45) is -0.00238. The van der Waals surface area contributed by atoms with Crippen LogP contribution >= 0.6 is 11.3 Å². The number of likely N-dealkylation sites (tertiary alicyclic amines) is 1. The minimum absolute atomic E-state index is 0.00238. The van der Waals surface area contributed by atoms with Gasteiger partial charge in [0.15, 0.2) is 0 Å².